The molecule has 2 heterocycles. The fourth-order valence-electron chi connectivity index (χ4n) is 2.96. The molecule has 5 amide bonds. The zero-order valence-electron chi connectivity index (χ0n) is 12.5. The van der Waals surface area contributed by atoms with Crippen LogP contribution in [0.3, 0.4) is 0 Å². The number of carbonyl (C=O) groups excluding carboxylic acids is 3. The van der Waals surface area contributed by atoms with E-state index in [-0.39, 0.29) is 12.2 Å². The van der Waals surface area contributed by atoms with Gasteiger partial charge in [0, 0.05) is 7.05 Å². The van der Waals surface area contributed by atoms with Gasteiger partial charge in [-0.05, 0) is 25.1 Å². The maximum Gasteiger partial charge on any atom is 0.417 e. The summed E-state index contributed by atoms with van der Waals surface area (Å²) in [6.07, 6.45) is -4.74. The summed E-state index contributed by atoms with van der Waals surface area (Å²) < 4.78 is 39.0. The Morgan fingerprint density at radius 1 is 1.17 bits per heavy atom. The van der Waals surface area contributed by atoms with Crippen molar-refractivity contribution >= 4 is 35.3 Å². The van der Waals surface area contributed by atoms with Crippen LogP contribution in [0.15, 0.2) is 18.2 Å². The minimum absolute atomic E-state index is 0.0351. The molecule has 2 aliphatic rings. The number of alkyl halides is 3. The van der Waals surface area contributed by atoms with E-state index in [4.69, 9.17) is 11.6 Å². The van der Waals surface area contributed by atoms with Gasteiger partial charge in [0.15, 0.2) is 0 Å². The average Bonchev–Trinajstić information content (AvgIpc) is 2.80. The number of benzene rings is 1. The quantitative estimate of drug-likeness (QED) is 0.722. The number of carbonyl (C=O) groups is 3. The van der Waals surface area contributed by atoms with Crippen LogP contribution in [0, 0.1) is 0 Å². The van der Waals surface area contributed by atoms with Crippen molar-refractivity contribution < 1.29 is 27.6 Å². The Balaban J connectivity index is 2.08. The number of imide groups is 2. The Labute approximate surface area is 139 Å². The minimum Gasteiger partial charge on any atom is -0.324 e. The topological polar surface area (TPSA) is 60.9 Å². The number of halogens is 4. The van der Waals surface area contributed by atoms with Gasteiger partial charge < -0.3 is 4.90 Å². The van der Waals surface area contributed by atoms with Crippen LogP contribution in [0.2, 0.25) is 5.02 Å². The molecule has 0 N–H and O–H groups in total. The predicted molar refractivity (Wildman–Crippen MR) is 77.6 cm³/mol. The fourth-order valence-corrected chi connectivity index (χ4v) is 3.19. The van der Waals surface area contributed by atoms with Crippen molar-refractivity contribution in [3.05, 3.63) is 28.8 Å². The minimum atomic E-state index is -4.74. The molecule has 6 nitrogen and oxygen atoms in total. The number of urea groups is 2. The summed E-state index contributed by atoms with van der Waals surface area (Å²) in [7, 11) is 1.43. The maximum atomic E-state index is 13.0. The standard InChI is InChI=1S/C14H11ClF3N3O3/c1-13-6-19(2)11(23)21(13)12(24)20(10(13)22)7-3-4-9(15)8(5-7)14(16,17)18/h3-5H,6H2,1-2H3. The molecule has 0 saturated carbocycles. The van der Waals surface area contributed by atoms with Crippen molar-refractivity contribution in [3.8, 4) is 0 Å². The molecule has 2 aliphatic heterocycles. The SMILES string of the molecule is CN1CC2(C)C(=O)N(c3ccc(Cl)c(C(F)(F)F)c3)C(=O)N2C1=O. The van der Waals surface area contributed by atoms with E-state index >= 15 is 0 Å². The summed E-state index contributed by atoms with van der Waals surface area (Å²) >= 11 is 5.55. The van der Waals surface area contributed by atoms with Crippen molar-refractivity contribution in [2.24, 2.45) is 0 Å². The number of hydrogen-bond acceptors (Lipinski definition) is 3. The molecule has 1 aromatic carbocycles. The third kappa shape index (κ3) is 2.07. The van der Waals surface area contributed by atoms with Crippen molar-refractivity contribution in [2.45, 2.75) is 18.6 Å². The molecule has 24 heavy (non-hydrogen) atoms. The molecular formula is C14H11ClF3N3O3. The molecular weight excluding hydrogens is 351 g/mol. The van der Waals surface area contributed by atoms with Gasteiger partial charge in [-0.3, -0.25) is 4.79 Å². The number of fused-ring (bicyclic) bond motifs is 1. The van der Waals surface area contributed by atoms with Crippen molar-refractivity contribution in [2.75, 3.05) is 18.5 Å². The highest BCUT2D eigenvalue weighted by atomic mass is 35.5. The van der Waals surface area contributed by atoms with Crippen molar-refractivity contribution in [3.63, 3.8) is 0 Å². The van der Waals surface area contributed by atoms with Crippen molar-refractivity contribution in [1.29, 1.82) is 0 Å². The van der Waals surface area contributed by atoms with Crippen LogP contribution in [-0.2, 0) is 11.0 Å². The first-order valence-corrected chi connectivity index (χ1v) is 7.17. The Kier molecular flexibility index (Phi) is 3.35. The normalized spacial score (nSPS) is 24.2. The van der Waals surface area contributed by atoms with Gasteiger partial charge in [0.25, 0.3) is 5.91 Å². The monoisotopic (exact) mass is 361 g/mol. The van der Waals surface area contributed by atoms with Crippen LogP contribution in [0.4, 0.5) is 28.4 Å². The lowest BCUT2D eigenvalue weighted by molar-refractivity contribution is -0.137. The molecule has 0 radical (unpaired) electrons. The van der Waals surface area contributed by atoms with Crippen LogP contribution in [0.25, 0.3) is 0 Å². The van der Waals surface area contributed by atoms with Gasteiger partial charge in [-0.1, -0.05) is 11.6 Å². The third-order valence-corrected chi connectivity index (χ3v) is 4.45. The molecule has 0 bridgehead atoms. The molecule has 3 rings (SSSR count). The van der Waals surface area contributed by atoms with E-state index in [1.807, 2.05) is 0 Å². The van der Waals surface area contributed by atoms with Gasteiger partial charge in [0.2, 0.25) is 0 Å². The smallest absolute Gasteiger partial charge is 0.324 e. The average molecular weight is 362 g/mol. The van der Waals surface area contributed by atoms with E-state index in [0.29, 0.717) is 11.0 Å². The molecule has 1 aromatic rings. The van der Waals surface area contributed by atoms with Crippen LogP contribution in [0.5, 0.6) is 0 Å². The fraction of sp³-hybridized carbons (Fsp3) is 0.357. The van der Waals surface area contributed by atoms with Gasteiger partial charge >= 0.3 is 18.2 Å². The summed E-state index contributed by atoms with van der Waals surface area (Å²) in [5.74, 6) is -0.763. The van der Waals surface area contributed by atoms with Gasteiger partial charge in [-0.25, -0.2) is 19.4 Å². The second-order valence-electron chi connectivity index (χ2n) is 5.83. The Morgan fingerprint density at radius 3 is 2.33 bits per heavy atom. The first-order valence-electron chi connectivity index (χ1n) is 6.79. The molecule has 10 heteroatoms. The number of rotatable bonds is 1. The van der Waals surface area contributed by atoms with E-state index in [0.717, 1.165) is 17.0 Å². The number of anilines is 1. The van der Waals surface area contributed by atoms with E-state index in [1.54, 1.807) is 0 Å². The largest absolute Gasteiger partial charge is 0.417 e. The highest BCUT2D eigenvalue weighted by Gasteiger charge is 2.63. The number of nitrogens with zero attached hydrogens (tertiary/aromatic N) is 3. The molecule has 1 atom stereocenters. The highest BCUT2D eigenvalue weighted by Crippen LogP contribution is 2.41. The summed E-state index contributed by atoms with van der Waals surface area (Å²) in [5.41, 5.74) is -2.89. The molecule has 0 aliphatic carbocycles. The van der Waals surface area contributed by atoms with Crippen LogP contribution in [0.1, 0.15) is 12.5 Å². The number of amides is 5. The van der Waals surface area contributed by atoms with Gasteiger partial charge in [0.05, 0.1) is 22.8 Å². The zero-order chi connectivity index (χ0) is 18.0. The lowest BCUT2D eigenvalue weighted by atomic mass is 10.0. The molecule has 1 unspecified atom stereocenters. The molecule has 2 fully saturated rings. The highest BCUT2D eigenvalue weighted by molar-refractivity contribution is 6.32. The van der Waals surface area contributed by atoms with Gasteiger partial charge in [-0.15, -0.1) is 0 Å². The van der Waals surface area contributed by atoms with E-state index < -0.39 is 40.3 Å². The third-order valence-electron chi connectivity index (χ3n) is 4.12. The zero-order valence-corrected chi connectivity index (χ0v) is 13.3. The second-order valence-corrected chi connectivity index (χ2v) is 6.24. The van der Waals surface area contributed by atoms with Gasteiger partial charge in [-0.2, -0.15) is 13.2 Å². The number of hydrogen-bond donors (Lipinski definition) is 0. The molecule has 128 valence electrons. The number of likely N-dealkylation sites (N-methyl/N-ethyl adjacent to an activating group) is 1. The predicted octanol–water partition coefficient (Wildman–Crippen LogP) is 2.95. The van der Waals surface area contributed by atoms with Crippen LogP contribution >= 0.6 is 11.6 Å². The summed E-state index contributed by atoms with van der Waals surface area (Å²) in [5, 5.41) is -0.548. The van der Waals surface area contributed by atoms with Gasteiger partial charge in [0.1, 0.15) is 5.54 Å². The summed E-state index contributed by atoms with van der Waals surface area (Å²) in [6, 6.07) is 1.06. The van der Waals surface area contributed by atoms with E-state index in [9.17, 15) is 27.6 Å². The first-order chi connectivity index (χ1) is 11.0. The Morgan fingerprint density at radius 2 is 1.79 bits per heavy atom. The lowest BCUT2D eigenvalue weighted by Crippen LogP contribution is -2.45. The summed E-state index contributed by atoms with van der Waals surface area (Å²) in [4.78, 5) is 39.7. The Hall–Kier alpha value is -2.29. The van der Waals surface area contributed by atoms with Crippen LogP contribution < -0.4 is 4.90 Å². The second kappa shape index (κ2) is 4.85. The van der Waals surface area contributed by atoms with Crippen LogP contribution in [-0.4, -0.2) is 46.9 Å². The molecule has 0 aromatic heterocycles. The van der Waals surface area contributed by atoms with E-state index in [1.165, 1.54) is 18.9 Å². The van der Waals surface area contributed by atoms with Crippen molar-refractivity contribution in [1.82, 2.24) is 9.80 Å². The lowest BCUT2D eigenvalue weighted by Gasteiger charge is -2.20. The Bertz CT molecular complexity index is 782. The summed E-state index contributed by atoms with van der Waals surface area (Å²) in [6.45, 7) is 1.36. The molecule has 0 spiro atoms. The van der Waals surface area contributed by atoms with E-state index in [2.05, 4.69) is 0 Å². The first kappa shape index (κ1) is 16.6. The molecule has 2 saturated heterocycles. The maximum absolute atomic E-state index is 13.0.